The number of piperazine rings is 1. The van der Waals surface area contributed by atoms with Crippen LogP contribution in [0.4, 0.5) is 0 Å². The molecule has 1 aliphatic heterocycles. The number of rotatable bonds is 3. The predicted octanol–water partition coefficient (Wildman–Crippen LogP) is 0.710. The quantitative estimate of drug-likeness (QED) is 0.708. The molecule has 8 heteroatoms. The average Bonchev–Trinajstić information content (AvgIpc) is 3.16. The molecular formula is C18H18ClN4O3+. The second-order valence-corrected chi connectivity index (χ2v) is 6.81. The SMILES string of the molecule is O=C(c1ccco1)N1CC[NH+](Cc2nc3cc(Cl)ccc3c(=O)[nH]2)CC1. The Morgan fingerprint density at radius 1 is 1.31 bits per heavy atom. The van der Waals surface area contributed by atoms with E-state index in [0.29, 0.717) is 47.1 Å². The lowest BCUT2D eigenvalue weighted by Gasteiger charge is -2.31. The third kappa shape index (κ3) is 3.36. The maximum Gasteiger partial charge on any atom is 0.289 e. The molecule has 3 heterocycles. The van der Waals surface area contributed by atoms with Gasteiger partial charge < -0.3 is 19.2 Å². The van der Waals surface area contributed by atoms with Crippen molar-refractivity contribution in [1.82, 2.24) is 14.9 Å². The molecule has 0 aliphatic carbocycles. The van der Waals surface area contributed by atoms with Gasteiger partial charge in [-0.05, 0) is 30.3 Å². The molecule has 1 amide bonds. The van der Waals surface area contributed by atoms with Crippen LogP contribution in [0, 0.1) is 0 Å². The Morgan fingerprint density at radius 3 is 2.85 bits per heavy atom. The number of hydrogen-bond acceptors (Lipinski definition) is 4. The molecule has 7 nitrogen and oxygen atoms in total. The zero-order valence-corrected chi connectivity index (χ0v) is 14.8. The molecule has 0 unspecified atom stereocenters. The Morgan fingerprint density at radius 2 is 2.12 bits per heavy atom. The van der Waals surface area contributed by atoms with Crippen molar-refractivity contribution in [3.63, 3.8) is 0 Å². The van der Waals surface area contributed by atoms with Crippen LogP contribution in [-0.2, 0) is 6.54 Å². The van der Waals surface area contributed by atoms with Gasteiger partial charge in [0.15, 0.2) is 11.6 Å². The van der Waals surface area contributed by atoms with Gasteiger partial charge in [0.25, 0.3) is 11.5 Å². The third-order valence-electron chi connectivity index (χ3n) is 4.62. The van der Waals surface area contributed by atoms with Crippen molar-refractivity contribution < 1.29 is 14.1 Å². The number of amides is 1. The molecule has 134 valence electrons. The lowest BCUT2D eigenvalue weighted by atomic mass is 10.2. The topological polar surface area (TPSA) is 83.6 Å². The monoisotopic (exact) mass is 373 g/mol. The van der Waals surface area contributed by atoms with Crippen LogP contribution >= 0.6 is 11.6 Å². The molecule has 0 saturated carbocycles. The van der Waals surface area contributed by atoms with E-state index < -0.39 is 0 Å². The molecule has 0 atom stereocenters. The Balaban J connectivity index is 1.44. The fourth-order valence-electron chi connectivity index (χ4n) is 3.24. The minimum absolute atomic E-state index is 0.0825. The van der Waals surface area contributed by atoms with E-state index in [-0.39, 0.29) is 11.5 Å². The van der Waals surface area contributed by atoms with E-state index in [1.54, 1.807) is 35.2 Å². The van der Waals surface area contributed by atoms with Crippen molar-refractivity contribution in [2.24, 2.45) is 0 Å². The Labute approximate surface area is 154 Å². The summed E-state index contributed by atoms with van der Waals surface area (Å²) >= 11 is 6.00. The van der Waals surface area contributed by atoms with Crippen LogP contribution in [0.3, 0.4) is 0 Å². The largest absolute Gasteiger partial charge is 0.459 e. The van der Waals surface area contributed by atoms with Crippen molar-refractivity contribution in [2.75, 3.05) is 26.2 Å². The van der Waals surface area contributed by atoms with E-state index in [2.05, 4.69) is 9.97 Å². The van der Waals surface area contributed by atoms with Gasteiger partial charge in [-0.2, -0.15) is 0 Å². The predicted molar refractivity (Wildman–Crippen MR) is 96.4 cm³/mol. The minimum atomic E-state index is -0.160. The number of aromatic amines is 1. The van der Waals surface area contributed by atoms with Crippen LogP contribution < -0.4 is 10.5 Å². The molecule has 0 radical (unpaired) electrons. The number of H-pyrrole nitrogens is 1. The molecular weight excluding hydrogens is 356 g/mol. The van der Waals surface area contributed by atoms with Gasteiger partial charge in [-0.15, -0.1) is 0 Å². The zero-order valence-electron chi connectivity index (χ0n) is 14.0. The van der Waals surface area contributed by atoms with Gasteiger partial charge in [0, 0.05) is 5.02 Å². The number of halogens is 1. The highest BCUT2D eigenvalue weighted by Crippen LogP contribution is 2.14. The van der Waals surface area contributed by atoms with Gasteiger partial charge in [0.05, 0.1) is 43.3 Å². The number of hydrogen-bond donors (Lipinski definition) is 2. The summed E-state index contributed by atoms with van der Waals surface area (Å²) in [7, 11) is 0. The van der Waals surface area contributed by atoms with Gasteiger partial charge >= 0.3 is 0 Å². The Kier molecular flexibility index (Phi) is 4.48. The van der Waals surface area contributed by atoms with Crippen LogP contribution in [0.1, 0.15) is 16.4 Å². The number of benzene rings is 1. The van der Waals surface area contributed by atoms with Gasteiger partial charge in [-0.3, -0.25) is 9.59 Å². The van der Waals surface area contributed by atoms with Crippen molar-refractivity contribution in [1.29, 1.82) is 0 Å². The van der Waals surface area contributed by atoms with Crippen LogP contribution in [0.5, 0.6) is 0 Å². The first-order valence-corrected chi connectivity index (χ1v) is 8.83. The summed E-state index contributed by atoms with van der Waals surface area (Å²) in [6.07, 6.45) is 1.50. The van der Waals surface area contributed by atoms with Crippen LogP contribution in [0.2, 0.25) is 5.02 Å². The number of furan rings is 1. The van der Waals surface area contributed by atoms with E-state index in [9.17, 15) is 9.59 Å². The third-order valence-corrected chi connectivity index (χ3v) is 4.86. The fourth-order valence-corrected chi connectivity index (χ4v) is 3.41. The van der Waals surface area contributed by atoms with Crippen LogP contribution in [-0.4, -0.2) is 47.0 Å². The molecule has 0 spiro atoms. The summed E-state index contributed by atoms with van der Waals surface area (Å²) < 4.78 is 5.18. The first-order chi connectivity index (χ1) is 12.6. The highest BCUT2D eigenvalue weighted by Gasteiger charge is 2.26. The van der Waals surface area contributed by atoms with Gasteiger partial charge in [-0.1, -0.05) is 11.6 Å². The Bertz CT molecular complexity index is 991. The lowest BCUT2D eigenvalue weighted by Crippen LogP contribution is -3.13. The number of carbonyl (C=O) groups is 1. The summed E-state index contributed by atoms with van der Waals surface area (Å²) in [4.78, 5) is 34.9. The highest BCUT2D eigenvalue weighted by atomic mass is 35.5. The molecule has 2 aromatic heterocycles. The Hall–Kier alpha value is -2.64. The van der Waals surface area contributed by atoms with E-state index in [0.717, 1.165) is 13.1 Å². The maximum absolute atomic E-state index is 12.3. The van der Waals surface area contributed by atoms with Crippen LogP contribution in [0.15, 0.2) is 45.8 Å². The maximum atomic E-state index is 12.3. The zero-order chi connectivity index (χ0) is 18.1. The second kappa shape index (κ2) is 6.93. The first kappa shape index (κ1) is 16.8. The molecule has 1 aliphatic rings. The summed E-state index contributed by atoms with van der Waals surface area (Å²) in [5.74, 6) is 0.914. The first-order valence-electron chi connectivity index (χ1n) is 8.45. The molecule has 1 saturated heterocycles. The molecule has 3 aromatic rings. The smallest absolute Gasteiger partial charge is 0.289 e. The molecule has 1 fully saturated rings. The highest BCUT2D eigenvalue weighted by molar-refractivity contribution is 6.31. The van der Waals surface area contributed by atoms with Gasteiger partial charge in [-0.25, -0.2) is 4.98 Å². The number of fused-ring (bicyclic) bond motifs is 1. The average molecular weight is 374 g/mol. The van der Waals surface area contributed by atoms with Crippen LogP contribution in [0.25, 0.3) is 10.9 Å². The minimum Gasteiger partial charge on any atom is -0.459 e. The van der Waals surface area contributed by atoms with Crippen molar-refractivity contribution in [3.8, 4) is 0 Å². The molecule has 4 rings (SSSR count). The summed E-state index contributed by atoms with van der Waals surface area (Å²) in [6.45, 7) is 3.44. The summed E-state index contributed by atoms with van der Waals surface area (Å²) in [5, 5.41) is 1.08. The number of nitrogens with zero attached hydrogens (tertiary/aromatic N) is 2. The molecule has 0 bridgehead atoms. The summed E-state index contributed by atoms with van der Waals surface area (Å²) in [5.41, 5.74) is 0.440. The molecule has 26 heavy (non-hydrogen) atoms. The number of nitrogens with one attached hydrogen (secondary N) is 2. The van der Waals surface area contributed by atoms with Crippen molar-refractivity contribution >= 4 is 28.4 Å². The molecule has 1 aromatic carbocycles. The number of carbonyl (C=O) groups excluding carboxylic acids is 1. The van der Waals surface area contributed by atoms with Crippen molar-refractivity contribution in [2.45, 2.75) is 6.54 Å². The van der Waals surface area contributed by atoms with E-state index in [1.165, 1.54) is 11.2 Å². The van der Waals surface area contributed by atoms with E-state index >= 15 is 0 Å². The second-order valence-electron chi connectivity index (χ2n) is 6.37. The summed E-state index contributed by atoms with van der Waals surface area (Å²) in [6, 6.07) is 8.45. The van der Waals surface area contributed by atoms with Crippen molar-refractivity contribution in [3.05, 3.63) is 63.6 Å². The number of quaternary nitrogens is 1. The van der Waals surface area contributed by atoms with Gasteiger partial charge in [0.2, 0.25) is 0 Å². The van der Waals surface area contributed by atoms with Gasteiger partial charge in [0.1, 0.15) is 6.54 Å². The molecule has 2 N–H and O–H groups in total. The van der Waals surface area contributed by atoms with E-state index in [1.807, 2.05) is 0 Å². The number of aromatic nitrogens is 2. The van der Waals surface area contributed by atoms with E-state index in [4.69, 9.17) is 16.0 Å². The fraction of sp³-hybridized carbons (Fsp3) is 0.278. The normalized spacial score (nSPS) is 15.5. The standard InChI is InChI=1S/C18H17ClN4O3/c19-12-3-4-13-14(10-12)20-16(21-17(13)24)11-22-5-7-23(8-6-22)18(25)15-2-1-9-26-15/h1-4,9-10H,5-8,11H2,(H,20,21,24)/p+1. The lowest BCUT2D eigenvalue weighted by molar-refractivity contribution is -0.918.